The highest BCUT2D eigenvalue weighted by Crippen LogP contribution is 2.44. The first-order valence-corrected chi connectivity index (χ1v) is 8.92. The quantitative estimate of drug-likeness (QED) is 0.893. The first-order chi connectivity index (χ1) is 12.9. The van der Waals surface area contributed by atoms with Gasteiger partial charge in [-0.25, -0.2) is 14.0 Å². The Morgan fingerprint density at radius 2 is 1.70 bits per heavy atom. The van der Waals surface area contributed by atoms with Gasteiger partial charge in [-0.15, -0.1) is 0 Å². The lowest BCUT2D eigenvalue weighted by Crippen LogP contribution is -2.51. The van der Waals surface area contributed by atoms with Crippen LogP contribution in [0.4, 0.5) is 9.18 Å². The summed E-state index contributed by atoms with van der Waals surface area (Å²) < 4.78 is 19.3. The molecular weight excluding hydrogens is 349 g/mol. The molecule has 0 unspecified atom stereocenters. The molecule has 2 aromatic carbocycles. The Balaban J connectivity index is 1.56. The summed E-state index contributed by atoms with van der Waals surface area (Å²) in [6, 6.07) is 15.9. The van der Waals surface area contributed by atoms with Gasteiger partial charge < -0.3 is 9.84 Å². The molecule has 2 aromatic rings. The summed E-state index contributed by atoms with van der Waals surface area (Å²) in [4.78, 5) is 25.1. The zero-order valence-electron chi connectivity index (χ0n) is 14.9. The van der Waals surface area contributed by atoms with Crippen LogP contribution in [0.5, 0.6) is 0 Å². The average Bonchev–Trinajstić information content (AvgIpc) is 3.15. The van der Waals surface area contributed by atoms with E-state index in [1.54, 1.807) is 0 Å². The number of likely N-dealkylation sites (tertiary alicyclic amines) is 1. The third kappa shape index (κ3) is 2.76. The number of ether oxygens (including phenoxy) is 1. The van der Waals surface area contributed by atoms with Gasteiger partial charge >= 0.3 is 12.1 Å². The Kier molecular flexibility index (Phi) is 4.13. The molecule has 1 heterocycles. The second kappa shape index (κ2) is 6.37. The highest BCUT2D eigenvalue weighted by Gasteiger charge is 2.51. The normalized spacial score (nSPS) is 23.8. The van der Waals surface area contributed by atoms with E-state index in [0.29, 0.717) is 0 Å². The molecule has 1 fully saturated rings. The predicted octanol–water partition coefficient (Wildman–Crippen LogP) is 3.82. The lowest BCUT2D eigenvalue weighted by Gasteiger charge is -2.30. The predicted molar refractivity (Wildman–Crippen MR) is 97.3 cm³/mol. The van der Waals surface area contributed by atoms with Crippen LogP contribution in [0.2, 0.25) is 0 Å². The molecule has 27 heavy (non-hydrogen) atoms. The van der Waals surface area contributed by atoms with Gasteiger partial charge in [0.25, 0.3) is 0 Å². The molecule has 2 aliphatic rings. The molecule has 0 saturated carbocycles. The van der Waals surface area contributed by atoms with Crippen LogP contribution in [-0.4, -0.2) is 46.9 Å². The molecule has 1 amide bonds. The van der Waals surface area contributed by atoms with E-state index in [9.17, 15) is 19.1 Å². The molecule has 1 aliphatic carbocycles. The highest BCUT2D eigenvalue weighted by atomic mass is 19.1. The average molecular weight is 369 g/mol. The number of rotatable bonds is 3. The number of amides is 1. The fourth-order valence-corrected chi connectivity index (χ4v) is 4.16. The summed E-state index contributed by atoms with van der Waals surface area (Å²) >= 11 is 0. The molecule has 0 radical (unpaired) electrons. The smallest absolute Gasteiger partial charge is 0.410 e. The van der Waals surface area contributed by atoms with Crippen molar-refractivity contribution >= 4 is 12.1 Å². The Bertz CT molecular complexity index is 869. The number of fused-ring (bicyclic) bond motifs is 3. The minimum Gasteiger partial charge on any atom is -0.480 e. The van der Waals surface area contributed by atoms with Gasteiger partial charge in [-0.2, -0.15) is 0 Å². The molecular formula is C21H20FNO4. The number of halogens is 1. The largest absolute Gasteiger partial charge is 0.480 e. The lowest BCUT2D eigenvalue weighted by atomic mass is 9.98. The fourth-order valence-electron chi connectivity index (χ4n) is 4.16. The molecule has 140 valence electrons. The van der Waals surface area contributed by atoms with E-state index < -0.39 is 23.8 Å². The maximum atomic E-state index is 13.8. The number of nitrogens with zero attached hydrogens (tertiary/aromatic N) is 1. The molecule has 6 heteroatoms. The van der Waals surface area contributed by atoms with Gasteiger partial charge in [-0.05, 0) is 29.2 Å². The van der Waals surface area contributed by atoms with Crippen LogP contribution >= 0.6 is 0 Å². The summed E-state index contributed by atoms with van der Waals surface area (Å²) in [6.45, 7) is 1.17. The summed E-state index contributed by atoms with van der Waals surface area (Å²) in [5, 5.41) is 9.43. The zero-order valence-corrected chi connectivity index (χ0v) is 14.9. The van der Waals surface area contributed by atoms with Crippen molar-refractivity contribution < 1.29 is 23.8 Å². The van der Waals surface area contributed by atoms with Crippen LogP contribution < -0.4 is 0 Å². The summed E-state index contributed by atoms with van der Waals surface area (Å²) in [6.07, 6.45) is -2.39. The van der Waals surface area contributed by atoms with Gasteiger partial charge in [0.05, 0.1) is 6.54 Å². The first-order valence-electron chi connectivity index (χ1n) is 8.92. The molecule has 1 N–H and O–H groups in total. The van der Waals surface area contributed by atoms with E-state index in [1.807, 2.05) is 48.5 Å². The van der Waals surface area contributed by atoms with Crippen LogP contribution in [-0.2, 0) is 9.53 Å². The van der Waals surface area contributed by atoms with Crippen LogP contribution in [0, 0.1) is 0 Å². The van der Waals surface area contributed by atoms with Crippen molar-refractivity contribution in [2.24, 2.45) is 0 Å². The van der Waals surface area contributed by atoms with E-state index in [-0.39, 0.29) is 25.5 Å². The monoisotopic (exact) mass is 369 g/mol. The van der Waals surface area contributed by atoms with Crippen molar-refractivity contribution in [1.29, 1.82) is 0 Å². The van der Waals surface area contributed by atoms with E-state index in [2.05, 4.69) is 0 Å². The molecule has 0 spiro atoms. The Hall–Kier alpha value is -2.89. The first kappa shape index (κ1) is 17.5. The van der Waals surface area contributed by atoms with Crippen LogP contribution in [0.3, 0.4) is 0 Å². The van der Waals surface area contributed by atoms with Crippen LogP contribution in [0.15, 0.2) is 48.5 Å². The van der Waals surface area contributed by atoms with Crippen LogP contribution in [0.1, 0.15) is 30.4 Å². The molecule has 2 atom stereocenters. The van der Waals surface area contributed by atoms with Crippen molar-refractivity contribution in [2.75, 3.05) is 13.2 Å². The lowest BCUT2D eigenvalue weighted by molar-refractivity contribution is -0.147. The third-order valence-corrected chi connectivity index (χ3v) is 5.61. The number of carboxylic acid groups (broad SMARTS) is 1. The van der Waals surface area contributed by atoms with Gasteiger partial charge in [0, 0.05) is 12.3 Å². The number of alkyl halides is 1. The Morgan fingerprint density at radius 3 is 2.26 bits per heavy atom. The van der Waals surface area contributed by atoms with Crippen molar-refractivity contribution in [1.82, 2.24) is 4.90 Å². The second-order valence-corrected chi connectivity index (χ2v) is 7.30. The van der Waals surface area contributed by atoms with E-state index in [4.69, 9.17) is 4.74 Å². The van der Waals surface area contributed by atoms with Gasteiger partial charge in [-0.3, -0.25) is 4.90 Å². The fraction of sp³-hybridized carbons (Fsp3) is 0.333. The number of carbonyl (C=O) groups is 2. The van der Waals surface area contributed by atoms with Crippen molar-refractivity contribution in [3.63, 3.8) is 0 Å². The minimum atomic E-state index is -1.58. The van der Waals surface area contributed by atoms with Gasteiger partial charge in [0.1, 0.15) is 18.3 Å². The Morgan fingerprint density at radius 1 is 1.15 bits per heavy atom. The minimum absolute atomic E-state index is 0.0794. The molecule has 4 rings (SSSR count). The summed E-state index contributed by atoms with van der Waals surface area (Å²) in [5.74, 6) is -1.35. The maximum Gasteiger partial charge on any atom is 0.410 e. The van der Waals surface area contributed by atoms with Crippen molar-refractivity contribution in [2.45, 2.75) is 31.0 Å². The number of hydrogen-bond acceptors (Lipinski definition) is 3. The summed E-state index contributed by atoms with van der Waals surface area (Å²) in [5.41, 5.74) is 2.76. The van der Waals surface area contributed by atoms with E-state index >= 15 is 0 Å². The standard InChI is InChI=1S/C21H20FNO4/c1-21(19(24)25)10-13(22)11-23(21)20(26)27-12-18-16-8-4-2-6-14(16)15-7-3-5-9-17(15)18/h2-9,13,18H,10-12H2,1H3,(H,24,25)/t13-,21+/m0/s1. The zero-order chi connectivity index (χ0) is 19.2. The van der Waals surface area contributed by atoms with Gasteiger partial charge in [0.2, 0.25) is 0 Å². The maximum absolute atomic E-state index is 13.8. The molecule has 1 aliphatic heterocycles. The SMILES string of the molecule is C[C@]1(C(=O)O)C[C@H](F)CN1C(=O)OCC1c2ccccc2-c2ccccc21. The van der Waals surface area contributed by atoms with E-state index in [0.717, 1.165) is 27.2 Å². The molecule has 5 nitrogen and oxygen atoms in total. The van der Waals surface area contributed by atoms with E-state index in [1.165, 1.54) is 6.92 Å². The Labute approximate surface area is 156 Å². The van der Waals surface area contributed by atoms with Crippen LogP contribution in [0.25, 0.3) is 11.1 Å². The number of benzene rings is 2. The van der Waals surface area contributed by atoms with Gasteiger partial charge in [-0.1, -0.05) is 48.5 Å². The van der Waals surface area contributed by atoms with Crippen molar-refractivity contribution in [3.8, 4) is 11.1 Å². The van der Waals surface area contributed by atoms with Gasteiger partial charge in [0.15, 0.2) is 0 Å². The number of carboxylic acids is 1. The highest BCUT2D eigenvalue weighted by molar-refractivity contribution is 5.85. The number of carbonyl (C=O) groups excluding carboxylic acids is 1. The third-order valence-electron chi connectivity index (χ3n) is 5.61. The summed E-state index contributed by atoms with van der Waals surface area (Å²) in [7, 11) is 0. The second-order valence-electron chi connectivity index (χ2n) is 7.30. The number of aliphatic carboxylic acids is 1. The molecule has 1 saturated heterocycles. The topological polar surface area (TPSA) is 66.8 Å². The molecule has 0 bridgehead atoms. The number of hydrogen-bond donors (Lipinski definition) is 1. The molecule has 0 aromatic heterocycles. The van der Waals surface area contributed by atoms with Crippen molar-refractivity contribution in [3.05, 3.63) is 59.7 Å².